The van der Waals surface area contributed by atoms with Gasteiger partial charge in [0.05, 0.1) is 18.5 Å². The average Bonchev–Trinajstić information content (AvgIpc) is 2.74. The van der Waals surface area contributed by atoms with Crippen LogP contribution in [0, 0.1) is 6.92 Å². The highest BCUT2D eigenvalue weighted by atomic mass is 16.5. The van der Waals surface area contributed by atoms with Gasteiger partial charge in [0.1, 0.15) is 17.1 Å². The first kappa shape index (κ1) is 13.7. The summed E-state index contributed by atoms with van der Waals surface area (Å²) in [5, 5.41) is 3.96. The molecule has 8 nitrogen and oxygen atoms in total. The van der Waals surface area contributed by atoms with Gasteiger partial charge in [-0.15, -0.1) is 0 Å². The summed E-state index contributed by atoms with van der Waals surface area (Å²) in [6, 6.07) is 0. The fourth-order valence-corrected chi connectivity index (χ4v) is 1.67. The fraction of sp³-hybridized carbons (Fsp3) is 0.250. The molecule has 0 saturated heterocycles. The van der Waals surface area contributed by atoms with Gasteiger partial charge in [-0.3, -0.25) is 9.78 Å². The van der Waals surface area contributed by atoms with Crippen LogP contribution in [-0.4, -0.2) is 38.2 Å². The van der Waals surface area contributed by atoms with Crippen molar-refractivity contribution in [1.29, 1.82) is 0 Å². The number of carbonyl (C=O) groups is 2. The van der Waals surface area contributed by atoms with Gasteiger partial charge in [-0.25, -0.2) is 9.78 Å². The number of aryl methyl sites for hydroxylation is 1. The van der Waals surface area contributed by atoms with Crippen LogP contribution in [0.25, 0.3) is 0 Å². The van der Waals surface area contributed by atoms with E-state index in [-0.39, 0.29) is 23.7 Å². The molecule has 0 unspecified atom stereocenters. The van der Waals surface area contributed by atoms with Gasteiger partial charge in [0.15, 0.2) is 0 Å². The summed E-state index contributed by atoms with van der Waals surface area (Å²) in [7, 11) is 0. The van der Waals surface area contributed by atoms with Crippen molar-refractivity contribution in [3.63, 3.8) is 0 Å². The number of ether oxygens (including phenoxy) is 1. The van der Waals surface area contributed by atoms with Crippen molar-refractivity contribution < 1.29 is 14.3 Å². The van der Waals surface area contributed by atoms with E-state index in [1.54, 1.807) is 13.8 Å². The molecule has 0 aliphatic rings. The van der Waals surface area contributed by atoms with Crippen LogP contribution in [0.4, 0.5) is 5.82 Å². The molecule has 0 atom stereocenters. The predicted molar refractivity (Wildman–Crippen MR) is 69.1 cm³/mol. The molecule has 2 rings (SSSR count). The van der Waals surface area contributed by atoms with Gasteiger partial charge in [0, 0.05) is 12.4 Å². The third-order valence-electron chi connectivity index (χ3n) is 2.55. The Morgan fingerprint density at radius 2 is 2.15 bits per heavy atom. The molecule has 0 aliphatic heterocycles. The Labute approximate surface area is 114 Å². The lowest BCUT2D eigenvalue weighted by molar-refractivity contribution is 0.0527. The number of nitrogens with zero attached hydrogens (tertiary/aromatic N) is 4. The predicted octanol–water partition coefficient (Wildman–Crippen LogP) is 0.429. The fourth-order valence-electron chi connectivity index (χ4n) is 1.67. The Morgan fingerprint density at radius 1 is 1.40 bits per heavy atom. The molecular weight excluding hydrogens is 262 g/mol. The summed E-state index contributed by atoms with van der Waals surface area (Å²) < 4.78 is 5.80. The van der Waals surface area contributed by atoms with Crippen molar-refractivity contribution in [1.82, 2.24) is 19.7 Å². The Hall–Kier alpha value is -2.77. The van der Waals surface area contributed by atoms with E-state index in [0.717, 1.165) is 4.68 Å². The first-order chi connectivity index (χ1) is 9.56. The van der Waals surface area contributed by atoms with Gasteiger partial charge in [0.25, 0.3) is 5.91 Å². The number of hydrogen-bond acceptors (Lipinski definition) is 7. The normalized spacial score (nSPS) is 10.3. The molecule has 2 N–H and O–H groups in total. The van der Waals surface area contributed by atoms with Gasteiger partial charge in [-0.05, 0) is 13.8 Å². The first-order valence-electron chi connectivity index (χ1n) is 5.89. The van der Waals surface area contributed by atoms with Crippen LogP contribution >= 0.6 is 0 Å². The summed E-state index contributed by atoms with van der Waals surface area (Å²) in [6.07, 6.45) is 4.12. The molecule has 0 saturated carbocycles. The molecule has 0 aromatic carbocycles. The molecule has 2 aromatic heterocycles. The summed E-state index contributed by atoms with van der Waals surface area (Å²) in [5.74, 6) is -1.24. The largest absolute Gasteiger partial charge is 0.462 e. The molecule has 2 heterocycles. The van der Waals surface area contributed by atoms with Gasteiger partial charge < -0.3 is 10.5 Å². The van der Waals surface area contributed by atoms with E-state index in [1.165, 1.54) is 18.6 Å². The highest BCUT2D eigenvalue weighted by Crippen LogP contribution is 2.18. The molecule has 0 spiro atoms. The van der Waals surface area contributed by atoms with E-state index in [1.807, 2.05) is 0 Å². The maximum atomic E-state index is 12.2. The number of hydrogen-bond donors (Lipinski definition) is 1. The number of aromatic nitrogens is 4. The molecule has 0 radical (unpaired) electrons. The molecule has 104 valence electrons. The van der Waals surface area contributed by atoms with E-state index in [4.69, 9.17) is 10.5 Å². The Morgan fingerprint density at radius 3 is 2.75 bits per heavy atom. The minimum absolute atomic E-state index is 0.0726. The zero-order chi connectivity index (χ0) is 14.7. The van der Waals surface area contributed by atoms with Gasteiger partial charge in [0.2, 0.25) is 0 Å². The van der Waals surface area contributed by atoms with Crippen molar-refractivity contribution in [2.24, 2.45) is 0 Å². The Kier molecular flexibility index (Phi) is 3.74. The second kappa shape index (κ2) is 5.47. The van der Waals surface area contributed by atoms with Crippen LogP contribution < -0.4 is 5.73 Å². The molecular formula is C12H13N5O3. The van der Waals surface area contributed by atoms with E-state index < -0.39 is 11.9 Å². The van der Waals surface area contributed by atoms with Crippen molar-refractivity contribution in [3.8, 4) is 0 Å². The minimum Gasteiger partial charge on any atom is -0.462 e. The smallest absolute Gasteiger partial charge is 0.343 e. The number of anilines is 1. The van der Waals surface area contributed by atoms with Crippen molar-refractivity contribution >= 4 is 17.7 Å². The summed E-state index contributed by atoms with van der Waals surface area (Å²) >= 11 is 0. The zero-order valence-electron chi connectivity index (χ0n) is 11.0. The maximum Gasteiger partial charge on any atom is 0.343 e. The Bertz CT molecular complexity index is 651. The second-order valence-corrected chi connectivity index (χ2v) is 3.87. The molecule has 20 heavy (non-hydrogen) atoms. The maximum absolute atomic E-state index is 12.2. The third-order valence-corrected chi connectivity index (χ3v) is 2.55. The number of nitrogens with two attached hydrogens (primary N) is 1. The summed E-state index contributed by atoms with van der Waals surface area (Å²) in [5.41, 5.74) is 6.29. The number of nitrogen functional groups attached to an aromatic ring is 1. The first-order valence-corrected chi connectivity index (χ1v) is 5.89. The number of carbonyl (C=O) groups excluding carboxylic acids is 2. The summed E-state index contributed by atoms with van der Waals surface area (Å²) in [4.78, 5) is 31.6. The Balaban J connectivity index is 2.42. The molecule has 2 aromatic rings. The van der Waals surface area contributed by atoms with Gasteiger partial charge in [-0.1, -0.05) is 0 Å². The van der Waals surface area contributed by atoms with Crippen molar-refractivity contribution in [3.05, 3.63) is 35.5 Å². The monoisotopic (exact) mass is 275 g/mol. The van der Waals surface area contributed by atoms with Crippen molar-refractivity contribution in [2.75, 3.05) is 12.3 Å². The van der Waals surface area contributed by atoms with Gasteiger partial charge >= 0.3 is 5.97 Å². The lowest BCUT2D eigenvalue weighted by Gasteiger charge is -2.03. The minimum atomic E-state index is -0.610. The SMILES string of the molecule is CCOC(=O)c1c(C)nn(C(=O)c2cnccn2)c1N. The third kappa shape index (κ3) is 2.35. The standard InChI is InChI=1S/C12H13N5O3/c1-3-20-12(19)9-7(2)16-17(10(9)13)11(18)8-6-14-4-5-15-8/h4-6H,3,13H2,1-2H3. The van der Waals surface area contributed by atoms with Crippen LogP contribution in [0.2, 0.25) is 0 Å². The van der Waals surface area contributed by atoms with E-state index in [0.29, 0.717) is 5.69 Å². The lowest BCUT2D eigenvalue weighted by Crippen LogP contribution is -2.18. The van der Waals surface area contributed by atoms with Crippen LogP contribution in [0.1, 0.15) is 33.5 Å². The number of esters is 1. The molecule has 8 heteroatoms. The quantitative estimate of drug-likeness (QED) is 0.808. The molecule has 0 bridgehead atoms. The second-order valence-electron chi connectivity index (χ2n) is 3.87. The van der Waals surface area contributed by atoms with Gasteiger partial charge in [-0.2, -0.15) is 9.78 Å². The van der Waals surface area contributed by atoms with E-state index >= 15 is 0 Å². The summed E-state index contributed by atoms with van der Waals surface area (Å²) in [6.45, 7) is 3.46. The van der Waals surface area contributed by atoms with E-state index in [9.17, 15) is 9.59 Å². The average molecular weight is 275 g/mol. The van der Waals surface area contributed by atoms with Crippen LogP contribution in [0.15, 0.2) is 18.6 Å². The highest BCUT2D eigenvalue weighted by Gasteiger charge is 2.24. The molecule has 0 amide bonds. The lowest BCUT2D eigenvalue weighted by atomic mass is 10.2. The van der Waals surface area contributed by atoms with E-state index in [2.05, 4.69) is 15.1 Å². The highest BCUT2D eigenvalue weighted by molar-refractivity contribution is 6.01. The van der Waals surface area contributed by atoms with Crippen LogP contribution in [0.3, 0.4) is 0 Å². The van der Waals surface area contributed by atoms with Crippen molar-refractivity contribution in [2.45, 2.75) is 13.8 Å². The molecule has 0 aliphatic carbocycles. The number of rotatable bonds is 3. The topological polar surface area (TPSA) is 113 Å². The zero-order valence-corrected chi connectivity index (χ0v) is 11.0. The molecule has 0 fully saturated rings. The van der Waals surface area contributed by atoms with Crippen LogP contribution in [-0.2, 0) is 4.74 Å². The van der Waals surface area contributed by atoms with Crippen LogP contribution in [0.5, 0.6) is 0 Å².